The average molecular weight is 374 g/mol. The first-order chi connectivity index (χ1) is 13.0. The van der Waals surface area contributed by atoms with Crippen molar-refractivity contribution in [3.63, 3.8) is 0 Å². The van der Waals surface area contributed by atoms with Gasteiger partial charge in [0.15, 0.2) is 6.29 Å². The van der Waals surface area contributed by atoms with Crippen LogP contribution in [0.15, 0.2) is 42.5 Å². The van der Waals surface area contributed by atoms with Gasteiger partial charge in [0.25, 0.3) is 0 Å². The second-order valence-electron chi connectivity index (χ2n) is 6.62. The van der Waals surface area contributed by atoms with Crippen molar-refractivity contribution in [1.82, 2.24) is 0 Å². The van der Waals surface area contributed by atoms with Crippen LogP contribution in [0.25, 0.3) is 0 Å². The number of aryl methyl sites for hydroxylation is 1. The van der Waals surface area contributed by atoms with Gasteiger partial charge >= 0.3 is 0 Å². The van der Waals surface area contributed by atoms with Crippen LogP contribution in [0, 0.1) is 6.92 Å². The molecular formula is C22H30O5. The van der Waals surface area contributed by atoms with Gasteiger partial charge in [-0.25, -0.2) is 0 Å². The lowest BCUT2D eigenvalue weighted by Crippen LogP contribution is -2.27. The van der Waals surface area contributed by atoms with Crippen molar-refractivity contribution in [2.45, 2.75) is 52.1 Å². The molecule has 2 unspecified atom stereocenters. The molecule has 0 amide bonds. The van der Waals surface area contributed by atoms with Gasteiger partial charge in [0, 0.05) is 0 Å². The van der Waals surface area contributed by atoms with Crippen molar-refractivity contribution in [3.8, 4) is 5.75 Å². The summed E-state index contributed by atoms with van der Waals surface area (Å²) in [7, 11) is 0. The Balaban J connectivity index is 2.22. The summed E-state index contributed by atoms with van der Waals surface area (Å²) in [5.74, 6) is 0.846. The highest BCUT2D eigenvalue weighted by Crippen LogP contribution is 2.27. The maximum atomic E-state index is 9.77. The second-order valence-corrected chi connectivity index (χ2v) is 6.62. The van der Waals surface area contributed by atoms with E-state index in [-0.39, 0.29) is 6.61 Å². The Morgan fingerprint density at radius 2 is 1.70 bits per heavy atom. The zero-order chi connectivity index (χ0) is 19.8. The van der Waals surface area contributed by atoms with Crippen molar-refractivity contribution in [3.05, 3.63) is 64.7 Å². The van der Waals surface area contributed by atoms with Gasteiger partial charge in [-0.05, 0) is 61.1 Å². The highest BCUT2D eigenvalue weighted by Gasteiger charge is 2.24. The van der Waals surface area contributed by atoms with Gasteiger partial charge in [-0.3, -0.25) is 0 Å². The number of hydrogen-bond acceptors (Lipinski definition) is 5. The highest BCUT2D eigenvalue weighted by molar-refractivity contribution is 5.38. The molecule has 5 nitrogen and oxygen atoms in total. The number of aliphatic hydroxyl groups excluding tert-OH is 2. The summed E-state index contributed by atoms with van der Waals surface area (Å²) in [6, 6.07) is 13.7. The fourth-order valence-electron chi connectivity index (χ4n) is 2.95. The van der Waals surface area contributed by atoms with E-state index < -0.39 is 18.5 Å². The molecule has 0 aliphatic carbocycles. The Labute approximate surface area is 161 Å². The lowest BCUT2D eigenvalue weighted by molar-refractivity contribution is -0.173. The van der Waals surface area contributed by atoms with Crippen LogP contribution in [-0.2, 0) is 11.2 Å². The van der Waals surface area contributed by atoms with Gasteiger partial charge in [0.05, 0.1) is 19.3 Å². The molecule has 0 fully saturated rings. The molecule has 0 bridgehead atoms. The smallest absolute Gasteiger partial charge is 0.182 e. The van der Waals surface area contributed by atoms with Crippen LogP contribution >= 0.6 is 0 Å². The molecule has 2 aromatic rings. The maximum Gasteiger partial charge on any atom is 0.182 e. The van der Waals surface area contributed by atoms with E-state index in [0.717, 1.165) is 28.9 Å². The Morgan fingerprint density at radius 1 is 1.00 bits per heavy atom. The monoisotopic (exact) mass is 374 g/mol. The molecule has 0 aliphatic heterocycles. The minimum Gasteiger partial charge on any atom is -0.494 e. The predicted octanol–water partition coefficient (Wildman–Crippen LogP) is 3.12. The van der Waals surface area contributed by atoms with Gasteiger partial charge in [-0.15, -0.1) is 0 Å². The lowest BCUT2D eigenvalue weighted by Gasteiger charge is -2.25. The van der Waals surface area contributed by atoms with Crippen molar-refractivity contribution < 1.29 is 24.8 Å². The highest BCUT2D eigenvalue weighted by atomic mass is 16.6. The lowest BCUT2D eigenvalue weighted by atomic mass is 9.96. The van der Waals surface area contributed by atoms with Gasteiger partial charge < -0.3 is 24.8 Å². The predicted molar refractivity (Wildman–Crippen MR) is 105 cm³/mol. The molecule has 5 heteroatoms. The summed E-state index contributed by atoms with van der Waals surface area (Å²) >= 11 is 0. The van der Waals surface area contributed by atoms with E-state index in [4.69, 9.17) is 9.47 Å². The molecule has 0 aromatic heterocycles. The van der Waals surface area contributed by atoms with E-state index >= 15 is 0 Å². The van der Waals surface area contributed by atoms with Crippen LogP contribution in [0.4, 0.5) is 0 Å². The van der Waals surface area contributed by atoms with Gasteiger partial charge in [-0.1, -0.05) is 37.3 Å². The zero-order valence-electron chi connectivity index (χ0n) is 16.3. The van der Waals surface area contributed by atoms with Crippen LogP contribution in [0.2, 0.25) is 0 Å². The molecule has 27 heavy (non-hydrogen) atoms. The Kier molecular flexibility index (Phi) is 8.25. The molecule has 2 atom stereocenters. The molecule has 2 rings (SSSR count). The first kappa shape index (κ1) is 21.4. The molecule has 2 aromatic carbocycles. The fraction of sp³-hybridized carbons (Fsp3) is 0.455. The normalized spacial score (nSPS) is 13.6. The molecule has 0 saturated heterocycles. The minimum absolute atomic E-state index is 0.162. The molecule has 0 saturated carbocycles. The quantitative estimate of drug-likeness (QED) is 0.557. The third-order valence-corrected chi connectivity index (χ3v) is 4.60. The first-order valence-electron chi connectivity index (χ1n) is 9.42. The van der Waals surface area contributed by atoms with Gasteiger partial charge in [-0.2, -0.15) is 0 Å². The largest absolute Gasteiger partial charge is 0.494 e. The third-order valence-electron chi connectivity index (χ3n) is 4.60. The number of ether oxygens (including phenoxy) is 2. The average Bonchev–Trinajstić information content (AvgIpc) is 2.66. The number of rotatable bonds is 10. The van der Waals surface area contributed by atoms with Crippen molar-refractivity contribution in [2.75, 3.05) is 13.2 Å². The van der Waals surface area contributed by atoms with Gasteiger partial charge in [0.2, 0.25) is 0 Å². The van der Waals surface area contributed by atoms with Crippen LogP contribution < -0.4 is 4.74 Å². The molecular weight excluding hydrogens is 344 g/mol. The summed E-state index contributed by atoms with van der Waals surface area (Å²) in [6.45, 7) is 6.34. The van der Waals surface area contributed by atoms with Crippen molar-refractivity contribution >= 4 is 0 Å². The van der Waals surface area contributed by atoms with Crippen LogP contribution in [0.1, 0.15) is 48.6 Å². The number of aliphatic hydroxyl groups is 3. The van der Waals surface area contributed by atoms with Crippen molar-refractivity contribution in [2.24, 2.45) is 0 Å². The minimum atomic E-state index is -1.66. The molecule has 0 aliphatic rings. The standard InChI is InChI=1S/C22H30O5/c1-4-19(14-23)27-21(22(24)25)17-9-6-15(3)18(13-17)12-16-7-10-20(11-8-16)26-5-2/h6-11,13,19,21-25H,4-5,12,14H2,1-3H3. The first-order valence-corrected chi connectivity index (χ1v) is 9.42. The number of benzene rings is 2. The van der Waals surface area contributed by atoms with E-state index in [2.05, 4.69) is 0 Å². The topological polar surface area (TPSA) is 79.2 Å². The van der Waals surface area contributed by atoms with E-state index in [1.165, 1.54) is 0 Å². The van der Waals surface area contributed by atoms with E-state index in [9.17, 15) is 15.3 Å². The summed E-state index contributed by atoms with van der Waals surface area (Å²) in [4.78, 5) is 0. The molecule has 0 spiro atoms. The van der Waals surface area contributed by atoms with E-state index in [1.807, 2.05) is 63.2 Å². The zero-order valence-corrected chi connectivity index (χ0v) is 16.3. The van der Waals surface area contributed by atoms with Crippen LogP contribution in [0.3, 0.4) is 0 Å². The van der Waals surface area contributed by atoms with Crippen LogP contribution in [-0.4, -0.2) is 40.9 Å². The van der Waals surface area contributed by atoms with Crippen LogP contribution in [0.5, 0.6) is 5.75 Å². The molecule has 0 heterocycles. The van der Waals surface area contributed by atoms with E-state index in [1.54, 1.807) is 0 Å². The molecule has 0 radical (unpaired) electrons. The summed E-state index contributed by atoms with van der Waals surface area (Å²) < 4.78 is 11.2. The Morgan fingerprint density at radius 3 is 2.26 bits per heavy atom. The molecule has 3 N–H and O–H groups in total. The maximum absolute atomic E-state index is 9.77. The third kappa shape index (κ3) is 6.04. The Hall–Kier alpha value is -1.92. The summed E-state index contributed by atoms with van der Waals surface area (Å²) in [6.07, 6.45) is -1.69. The van der Waals surface area contributed by atoms with Gasteiger partial charge in [0.1, 0.15) is 11.9 Å². The van der Waals surface area contributed by atoms with Crippen molar-refractivity contribution in [1.29, 1.82) is 0 Å². The van der Waals surface area contributed by atoms with E-state index in [0.29, 0.717) is 18.6 Å². The summed E-state index contributed by atoms with van der Waals surface area (Å²) in [5, 5.41) is 28.9. The fourth-order valence-corrected chi connectivity index (χ4v) is 2.95. The number of hydrogen-bond donors (Lipinski definition) is 3. The summed E-state index contributed by atoms with van der Waals surface area (Å²) in [5.41, 5.74) is 4.03. The SMILES string of the molecule is CCOc1ccc(Cc2cc(C(OC(CC)CO)C(O)O)ccc2C)cc1. The Bertz CT molecular complexity index is 692. The molecule has 148 valence electrons. The second kappa shape index (κ2) is 10.4.